The summed E-state index contributed by atoms with van der Waals surface area (Å²) in [5.74, 6) is 0.846. The van der Waals surface area contributed by atoms with Crippen LogP contribution >= 0.6 is 0 Å². The van der Waals surface area contributed by atoms with Crippen LogP contribution in [0, 0.1) is 0 Å². The number of hydrogen-bond acceptors (Lipinski definition) is 4. The first-order valence-corrected chi connectivity index (χ1v) is 9.61. The van der Waals surface area contributed by atoms with E-state index >= 15 is 0 Å². The molecular weight excluding hydrogens is 340 g/mol. The number of carbonyl (C=O) groups excluding carboxylic acids is 1. The Morgan fingerprint density at radius 2 is 1.96 bits per heavy atom. The van der Waals surface area contributed by atoms with Gasteiger partial charge in [-0.1, -0.05) is 30.7 Å². The quantitative estimate of drug-likeness (QED) is 0.785. The number of nitrogens with one attached hydrogen (secondary N) is 1. The molecule has 0 bridgehead atoms. The average molecular weight is 368 g/mol. The molecule has 5 nitrogen and oxygen atoms in total. The highest BCUT2D eigenvalue weighted by molar-refractivity contribution is 5.95. The maximum absolute atomic E-state index is 12.9. The van der Waals surface area contributed by atoms with Gasteiger partial charge in [0, 0.05) is 18.8 Å². The van der Waals surface area contributed by atoms with Crippen molar-refractivity contribution in [1.29, 1.82) is 0 Å². The summed E-state index contributed by atoms with van der Waals surface area (Å²) < 4.78 is 5.30. The topological polar surface area (TPSA) is 61.8 Å². The Balaban J connectivity index is 1.72. The molecule has 2 N–H and O–H groups in total. The first-order chi connectivity index (χ1) is 13.2. The van der Waals surface area contributed by atoms with Gasteiger partial charge in [0.2, 0.25) is 5.91 Å². The summed E-state index contributed by atoms with van der Waals surface area (Å²) in [6, 6.07) is 15.7. The van der Waals surface area contributed by atoms with Crippen molar-refractivity contribution in [1.82, 2.24) is 4.90 Å². The Hall–Kier alpha value is -2.37. The lowest BCUT2D eigenvalue weighted by atomic mass is 10.0. The second-order valence-corrected chi connectivity index (χ2v) is 6.93. The van der Waals surface area contributed by atoms with Crippen LogP contribution in [0.4, 0.5) is 5.69 Å². The molecule has 0 unspecified atom stereocenters. The van der Waals surface area contributed by atoms with Gasteiger partial charge in [0.1, 0.15) is 5.75 Å². The van der Waals surface area contributed by atoms with Crippen LogP contribution in [0.5, 0.6) is 5.75 Å². The van der Waals surface area contributed by atoms with Crippen LogP contribution in [0.25, 0.3) is 11.1 Å². The highest BCUT2D eigenvalue weighted by Crippen LogP contribution is 2.26. The van der Waals surface area contributed by atoms with Gasteiger partial charge in [0.25, 0.3) is 0 Å². The highest BCUT2D eigenvalue weighted by Gasteiger charge is 2.28. The van der Waals surface area contributed by atoms with E-state index in [-0.39, 0.29) is 18.6 Å². The molecule has 0 saturated carbocycles. The number of methoxy groups -OCH3 is 1. The van der Waals surface area contributed by atoms with E-state index in [0.29, 0.717) is 6.42 Å². The number of piperidine rings is 1. The highest BCUT2D eigenvalue weighted by atomic mass is 16.5. The number of aliphatic hydroxyl groups excluding tert-OH is 1. The van der Waals surface area contributed by atoms with E-state index in [2.05, 4.69) is 10.2 Å². The smallest absolute Gasteiger partial charge is 0.241 e. The molecule has 1 aliphatic heterocycles. The van der Waals surface area contributed by atoms with Crippen molar-refractivity contribution in [2.75, 3.05) is 32.1 Å². The molecule has 27 heavy (non-hydrogen) atoms. The van der Waals surface area contributed by atoms with Gasteiger partial charge in [-0.2, -0.15) is 0 Å². The number of rotatable bonds is 7. The summed E-state index contributed by atoms with van der Waals surface area (Å²) >= 11 is 0. The zero-order chi connectivity index (χ0) is 19.1. The Bertz CT molecular complexity index is 763. The molecule has 1 aliphatic rings. The van der Waals surface area contributed by atoms with Crippen molar-refractivity contribution in [3.63, 3.8) is 0 Å². The van der Waals surface area contributed by atoms with Gasteiger partial charge in [0.05, 0.1) is 13.2 Å². The number of amides is 1. The largest absolute Gasteiger partial charge is 0.497 e. The van der Waals surface area contributed by atoms with Gasteiger partial charge in [-0.05, 0) is 61.2 Å². The zero-order valence-electron chi connectivity index (χ0n) is 15.9. The van der Waals surface area contributed by atoms with E-state index in [1.807, 2.05) is 48.5 Å². The average Bonchev–Trinajstić information content (AvgIpc) is 2.72. The van der Waals surface area contributed by atoms with Crippen LogP contribution in [0.1, 0.15) is 25.7 Å². The maximum Gasteiger partial charge on any atom is 0.241 e. The monoisotopic (exact) mass is 368 g/mol. The van der Waals surface area contributed by atoms with Crippen molar-refractivity contribution in [3.05, 3.63) is 48.5 Å². The predicted octanol–water partition coefficient (Wildman–Crippen LogP) is 3.54. The fourth-order valence-corrected chi connectivity index (χ4v) is 3.63. The normalized spacial score (nSPS) is 17.5. The zero-order valence-corrected chi connectivity index (χ0v) is 15.9. The number of benzene rings is 2. The fourth-order valence-electron chi connectivity index (χ4n) is 3.63. The Kier molecular flexibility index (Phi) is 6.85. The van der Waals surface area contributed by atoms with Crippen molar-refractivity contribution in [2.45, 2.75) is 31.7 Å². The number of carbonyl (C=O) groups is 1. The number of hydrogen-bond donors (Lipinski definition) is 2. The van der Waals surface area contributed by atoms with Gasteiger partial charge in [-0.25, -0.2) is 0 Å². The van der Waals surface area contributed by atoms with Gasteiger partial charge in [-0.15, -0.1) is 0 Å². The van der Waals surface area contributed by atoms with Gasteiger partial charge < -0.3 is 15.2 Å². The van der Waals surface area contributed by atoms with Gasteiger partial charge in [0.15, 0.2) is 0 Å². The fraction of sp³-hybridized carbons (Fsp3) is 0.409. The van der Waals surface area contributed by atoms with Crippen molar-refractivity contribution < 1.29 is 14.6 Å². The van der Waals surface area contributed by atoms with Crippen molar-refractivity contribution in [2.24, 2.45) is 0 Å². The third kappa shape index (κ3) is 5.08. The molecule has 2 aromatic rings. The maximum atomic E-state index is 12.9. The lowest BCUT2D eigenvalue weighted by Crippen LogP contribution is -2.47. The SMILES string of the molecule is COc1cccc(-c2cccc(NC(=O)[C@H]3CCCCN3CCCO)c2)c1. The van der Waals surface area contributed by atoms with E-state index in [1.165, 1.54) is 0 Å². The summed E-state index contributed by atoms with van der Waals surface area (Å²) in [5, 5.41) is 12.2. The summed E-state index contributed by atoms with van der Waals surface area (Å²) in [6.07, 6.45) is 3.75. The summed E-state index contributed by atoms with van der Waals surface area (Å²) in [6.45, 7) is 1.84. The van der Waals surface area contributed by atoms with Gasteiger partial charge >= 0.3 is 0 Å². The minimum atomic E-state index is -0.120. The lowest BCUT2D eigenvalue weighted by molar-refractivity contribution is -0.122. The molecule has 0 radical (unpaired) electrons. The van der Waals surface area contributed by atoms with Crippen molar-refractivity contribution in [3.8, 4) is 16.9 Å². The molecule has 1 heterocycles. The third-order valence-electron chi connectivity index (χ3n) is 5.05. The second kappa shape index (κ2) is 9.53. The first kappa shape index (κ1) is 19.4. The number of aliphatic hydroxyl groups is 1. The van der Waals surface area contributed by atoms with Crippen LogP contribution in [0.3, 0.4) is 0 Å². The van der Waals surface area contributed by atoms with E-state index in [9.17, 15) is 4.79 Å². The summed E-state index contributed by atoms with van der Waals surface area (Å²) in [4.78, 5) is 15.0. The van der Waals surface area contributed by atoms with Crippen LogP contribution in [-0.2, 0) is 4.79 Å². The number of nitrogens with zero attached hydrogens (tertiary/aromatic N) is 1. The number of ether oxygens (including phenoxy) is 1. The molecule has 2 aromatic carbocycles. The first-order valence-electron chi connectivity index (χ1n) is 9.61. The van der Waals surface area contributed by atoms with E-state index in [4.69, 9.17) is 9.84 Å². The summed E-state index contributed by atoms with van der Waals surface area (Å²) in [5.41, 5.74) is 2.88. The third-order valence-corrected chi connectivity index (χ3v) is 5.05. The minimum absolute atomic E-state index is 0.0374. The van der Waals surface area contributed by atoms with Crippen LogP contribution in [-0.4, -0.2) is 48.8 Å². The molecule has 3 rings (SSSR count). The van der Waals surface area contributed by atoms with Crippen LogP contribution in [0.2, 0.25) is 0 Å². The molecule has 0 aliphatic carbocycles. The van der Waals surface area contributed by atoms with E-state index in [0.717, 1.165) is 54.9 Å². The van der Waals surface area contributed by atoms with Crippen LogP contribution < -0.4 is 10.1 Å². The summed E-state index contributed by atoms with van der Waals surface area (Å²) in [7, 11) is 1.66. The second-order valence-electron chi connectivity index (χ2n) is 6.93. The Morgan fingerprint density at radius 3 is 2.74 bits per heavy atom. The van der Waals surface area contributed by atoms with Gasteiger partial charge in [-0.3, -0.25) is 9.69 Å². The van der Waals surface area contributed by atoms with Crippen molar-refractivity contribution >= 4 is 11.6 Å². The minimum Gasteiger partial charge on any atom is -0.497 e. The van der Waals surface area contributed by atoms with E-state index < -0.39 is 0 Å². The molecule has 1 saturated heterocycles. The lowest BCUT2D eigenvalue weighted by Gasteiger charge is -2.34. The Labute approximate surface area is 161 Å². The Morgan fingerprint density at radius 1 is 1.19 bits per heavy atom. The molecular formula is C22H28N2O3. The molecule has 1 amide bonds. The van der Waals surface area contributed by atoms with E-state index in [1.54, 1.807) is 7.11 Å². The number of anilines is 1. The van der Waals surface area contributed by atoms with Crippen LogP contribution in [0.15, 0.2) is 48.5 Å². The molecule has 1 atom stereocenters. The molecule has 0 aromatic heterocycles. The molecule has 0 spiro atoms. The molecule has 1 fully saturated rings. The number of likely N-dealkylation sites (tertiary alicyclic amines) is 1. The molecule has 5 heteroatoms. The standard InChI is InChI=1S/C22H28N2O3/c1-27-20-10-5-8-18(16-20)17-7-4-9-19(15-17)23-22(26)21-11-2-3-12-24(21)13-6-14-25/h4-5,7-10,15-16,21,25H,2-3,6,11-14H2,1H3,(H,23,26)/t21-/m1/s1. The molecule has 144 valence electrons. The predicted molar refractivity (Wildman–Crippen MR) is 108 cm³/mol.